The molecule has 6 heteroatoms. The first-order valence-electron chi connectivity index (χ1n) is 4.66. The van der Waals surface area contributed by atoms with Crippen molar-refractivity contribution >= 4 is 52.4 Å². The number of carbonyl (C=O) groups is 1. The summed E-state index contributed by atoms with van der Waals surface area (Å²) in [7, 11) is 0. The molecular formula is C9H14Cl4O2. The second-order valence-corrected chi connectivity index (χ2v) is 5.46. The number of carboxylic acids is 1. The lowest BCUT2D eigenvalue weighted by Crippen LogP contribution is -2.52. The number of carboxylic acid groups (broad SMARTS) is 1. The highest BCUT2D eigenvalue weighted by Gasteiger charge is 2.51. The molecule has 0 aliphatic heterocycles. The Hall–Kier alpha value is 0.630. The van der Waals surface area contributed by atoms with Gasteiger partial charge in [-0.3, -0.25) is 4.79 Å². The summed E-state index contributed by atoms with van der Waals surface area (Å²) in [5, 5.41) is 6.90. The molecule has 0 spiro atoms. The number of aliphatic carboxylic acids is 1. The van der Waals surface area contributed by atoms with Crippen LogP contribution >= 0.6 is 46.4 Å². The van der Waals surface area contributed by atoms with Gasteiger partial charge in [-0.15, -0.1) is 46.4 Å². The standard InChI is InChI=1S/C9H14Cl4O2/c1-3-5(10)7(12)9(13,8(14)15)6(11)4-2/h5-7H,3-4H2,1-2H3,(H,14,15). The average Bonchev–Trinajstić information content (AvgIpc) is 2.24. The molecule has 0 rings (SSSR count). The maximum absolute atomic E-state index is 11.1. The molecule has 0 aliphatic rings. The van der Waals surface area contributed by atoms with E-state index >= 15 is 0 Å². The third-order valence-electron chi connectivity index (χ3n) is 2.25. The first kappa shape index (κ1) is 15.6. The number of alkyl halides is 4. The van der Waals surface area contributed by atoms with Crippen LogP contribution in [0.25, 0.3) is 0 Å². The van der Waals surface area contributed by atoms with Gasteiger partial charge < -0.3 is 5.11 Å². The van der Waals surface area contributed by atoms with Crippen LogP contribution in [0.1, 0.15) is 26.7 Å². The first-order valence-corrected chi connectivity index (χ1v) is 6.35. The van der Waals surface area contributed by atoms with Crippen molar-refractivity contribution in [1.82, 2.24) is 0 Å². The van der Waals surface area contributed by atoms with Crippen molar-refractivity contribution in [3.63, 3.8) is 0 Å². The lowest BCUT2D eigenvalue weighted by Gasteiger charge is -2.33. The third kappa shape index (κ3) is 3.29. The molecule has 90 valence electrons. The van der Waals surface area contributed by atoms with E-state index in [-0.39, 0.29) is 0 Å². The van der Waals surface area contributed by atoms with Gasteiger partial charge in [-0.25, -0.2) is 0 Å². The summed E-state index contributed by atoms with van der Waals surface area (Å²) in [5.41, 5.74) is 0. The van der Waals surface area contributed by atoms with Crippen molar-refractivity contribution in [2.45, 2.75) is 47.7 Å². The van der Waals surface area contributed by atoms with Crippen LogP contribution in [0.3, 0.4) is 0 Å². The Kier molecular flexibility index (Phi) is 6.65. The zero-order chi connectivity index (χ0) is 12.2. The Bertz CT molecular complexity index is 224. The van der Waals surface area contributed by atoms with Crippen molar-refractivity contribution in [3.05, 3.63) is 0 Å². The minimum Gasteiger partial charge on any atom is -0.480 e. The van der Waals surface area contributed by atoms with Crippen LogP contribution in [0, 0.1) is 0 Å². The summed E-state index contributed by atoms with van der Waals surface area (Å²) in [6.45, 7) is 3.55. The molecule has 4 atom stereocenters. The fraction of sp³-hybridized carbons (Fsp3) is 0.889. The van der Waals surface area contributed by atoms with E-state index in [2.05, 4.69) is 0 Å². The number of rotatable bonds is 6. The second-order valence-electron chi connectivity index (χ2n) is 3.27. The molecule has 0 bridgehead atoms. The van der Waals surface area contributed by atoms with E-state index in [0.29, 0.717) is 12.8 Å². The van der Waals surface area contributed by atoms with E-state index < -0.39 is 27.0 Å². The van der Waals surface area contributed by atoms with Crippen LogP contribution in [0.15, 0.2) is 0 Å². The SMILES string of the molecule is CCC(Cl)C(Cl)C(Cl)(C(=O)O)C(Cl)CC. The van der Waals surface area contributed by atoms with E-state index in [1.807, 2.05) is 0 Å². The first-order chi connectivity index (χ1) is 6.82. The van der Waals surface area contributed by atoms with Gasteiger partial charge in [-0.1, -0.05) is 13.8 Å². The quantitative estimate of drug-likeness (QED) is 0.759. The van der Waals surface area contributed by atoms with Gasteiger partial charge in [0.2, 0.25) is 0 Å². The zero-order valence-electron chi connectivity index (χ0n) is 8.51. The molecule has 0 saturated carbocycles. The maximum atomic E-state index is 11.1. The number of hydrogen-bond acceptors (Lipinski definition) is 1. The Morgan fingerprint density at radius 1 is 1.27 bits per heavy atom. The van der Waals surface area contributed by atoms with E-state index in [9.17, 15) is 4.79 Å². The minimum atomic E-state index is -1.72. The molecule has 0 aromatic heterocycles. The summed E-state index contributed by atoms with van der Waals surface area (Å²) in [5.74, 6) is -1.23. The average molecular weight is 296 g/mol. The minimum absolute atomic E-state index is 0.411. The van der Waals surface area contributed by atoms with E-state index in [1.54, 1.807) is 13.8 Å². The van der Waals surface area contributed by atoms with Crippen LogP contribution in [0.5, 0.6) is 0 Å². The maximum Gasteiger partial charge on any atom is 0.327 e. The fourth-order valence-corrected chi connectivity index (χ4v) is 2.48. The summed E-state index contributed by atoms with van der Waals surface area (Å²) < 4.78 is 0. The largest absolute Gasteiger partial charge is 0.480 e. The van der Waals surface area contributed by atoms with Crippen LogP contribution in [-0.4, -0.2) is 32.1 Å². The Morgan fingerprint density at radius 3 is 2.00 bits per heavy atom. The number of hydrogen-bond donors (Lipinski definition) is 1. The molecule has 0 aromatic rings. The monoisotopic (exact) mass is 294 g/mol. The summed E-state index contributed by atoms with van der Waals surface area (Å²) >= 11 is 23.8. The fourth-order valence-electron chi connectivity index (χ4n) is 1.19. The van der Waals surface area contributed by atoms with E-state index in [1.165, 1.54) is 0 Å². The third-order valence-corrected chi connectivity index (χ3v) is 5.13. The van der Waals surface area contributed by atoms with Crippen LogP contribution < -0.4 is 0 Å². The molecule has 0 amide bonds. The molecule has 1 N–H and O–H groups in total. The zero-order valence-corrected chi connectivity index (χ0v) is 11.5. The molecule has 0 saturated heterocycles. The van der Waals surface area contributed by atoms with Gasteiger partial charge in [-0.05, 0) is 12.8 Å². The molecule has 0 aliphatic carbocycles. The van der Waals surface area contributed by atoms with Crippen molar-refractivity contribution in [3.8, 4) is 0 Å². The summed E-state index contributed by atoms with van der Waals surface area (Å²) in [4.78, 5) is 9.40. The summed E-state index contributed by atoms with van der Waals surface area (Å²) in [6.07, 6.45) is 0.943. The molecule has 0 aromatic carbocycles. The molecule has 0 heterocycles. The van der Waals surface area contributed by atoms with Crippen molar-refractivity contribution < 1.29 is 9.90 Å². The van der Waals surface area contributed by atoms with Crippen LogP contribution in [-0.2, 0) is 4.79 Å². The second kappa shape index (κ2) is 6.39. The molecule has 0 fully saturated rings. The van der Waals surface area contributed by atoms with Gasteiger partial charge in [0, 0.05) is 0 Å². The van der Waals surface area contributed by atoms with Crippen LogP contribution in [0.2, 0.25) is 0 Å². The smallest absolute Gasteiger partial charge is 0.327 e. The van der Waals surface area contributed by atoms with Gasteiger partial charge in [0.15, 0.2) is 4.87 Å². The van der Waals surface area contributed by atoms with Gasteiger partial charge in [0.25, 0.3) is 0 Å². The Labute approximate surface area is 110 Å². The van der Waals surface area contributed by atoms with E-state index in [0.717, 1.165) is 0 Å². The van der Waals surface area contributed by atoms with Crippen LogP contribution in [0.4, 0.5) is 0 Å². The van der Waals surface area contributed by atoms with Crippen molar-refractivity contribution in [2.75, 3.05) is 0 Å². The molecule has 15 heavy (non-hydrogen) atoms. The highest BCUT2D eigenvalue weighted by Crippen LogP contribution is 2.38. The van der Waals surface area contributed by atoms with Gasteiger partial charge in [-0.2, -0.15) is 0 Å². The highest BCUT2D eigenvalue weighted by molar-refractivity contribution is 6.46. The predicted molar refractivity (Wildman–Crippen MR) is 65.7 cm³/mol. The predicted octanol–water partition coefficient (Wildman–Crippen LogP) is 3.69. The Morgan fingerprint density at radius 2 is 1.73 bits per heavy atom. The number of halogens is 4. The van der Waals surface area contributed by atoms with Crippen molar-refractivity contribution in [2.24, 2.45) is 0 Å². The molecule has 2 nitrogen and oxygen atoms in total. The molecule has 4 unspecified atom stereocenters. The lowest BCUT2D eigenvalue weighted by atomic mass is 9.94. The molecular weight excluding hydrogens is 282 g/mol. The highest BCUT2D eigenvalue weighted by atomic mass is 35.5. The lowest BCUT2D eigenvalue weighted by molar-refractivity contribution is -0.140. The van der Waals surface area contributed by atoms with E-state index in [4.69, 9.17) is 51.5 Å². The Balaban J connectivity index is 5.02. The van der Waals surface area contributed by atoms with Crippen molar-refractivity contribution in [1.29, 1.82) is 0 Å². The normalized spacial score (nSPS) is 21.5. The summed E-state index contributed by atoms with van der Waals surface area (Å²) in [6, 6.07) is 0. The topological polar surface area (TPSA) is 37.3 Å². The van der Waals surface area contributed by atoms with Gasteiger partial charge >= 0.3 is 5.97 Å². The molecule has 0 radical (unpaired) electrons. The van der Waals surface area contributed by atoms with Gasteiger partial charge in [0.1, 0.15) is 0 Å². The van der Waals surface area contributed by atoms with Gasteiger partial charge in [0.05, 0.1) is 16.1 Å².